The number of rotatable bonds is 2. The van der Waals surface area contributed by atoms with Crippen LogP contribution in [0.4, 0.5) is 0 Å². The summed E-state index contributed by atoms with van der Waals surface area (Å²) in [6.07, 6.45) is -0.452. The van der Waals surface area contributed by atoms with E-state index in [4.69, 9.17) is 9.47 Å². The molecule has 1 saturated heterocycles. The molecule has 1 atom stereocenters. The number of esters is 1. The van der Waals surface area contributed by atoms with E-state index in [1.54, 1.807) is 12.1 Å². The van der Waals surface area contributed by atoms with Gasteiger partial charge in [0, 0.05) is 6.54 Å². The summed E-state index contributed by atoms with van der Waals surface area (Å²) in [6.45, 7) is 2.10. The Morgan fingerprint density at radius 3 is 2.76 bits per heavy atom. The highest BCUT2D eigenvalue weighted by Crippen LogP contribution is 2.08. The van der Waals surface area contributed by atoms with Gasteiger partial charge in [-0.1, -0.05) is 18.2 Å². The van der Waals surface area contributed by atoms with Gasteiger partial charge in [-0.25, -0.2) is 4.79 Å². The molecule has 4 nitrogen and oxygen atoms in total. The van der Waals surface area contributed by atoms with Crippen molar-refractivity contribution < 1.29 is 14.3 Å². The molecule has 0 saturated carbocycles. The molecule has 0 unspecified atom stereocenters. The van der Waals surface area contributed by atoms with Crippen LogP contribution in [0.3, 0.4) is 0 Å². The lowest BCUT2D eigenvalue weighted by atomic mass is 10.2. The maximum atomic E-state index is 11.7. The van der Waals surface area contributed by atoms with Crippen LogP contribution in [0.25, 0.3) is 0 Å². The molecular weight excluding hydrogens is 242 g/mol. The van der Waals surface area contributed by atoms with Gasteiger partial charge in [0.25, 0.3) is 0 Å². The van der Waals surface area contributed by atoms with Crippen LogP contribution in [0.15, 0.2) is 30.3 Å². The van der Waals surface area contributed by atoms with Gasteiger partial charge in [-0.2, -0.15) is 0 Å². The number of ether oxygens (including phenoxy) is 2. The van der Waals surface area contributed by atoms with Gasteiger partial charge >= 0.3 is 5.97 Å². The van der Waals surface area contributed by atoms with Crippen molar-refractivity contribution in [3.63, 3.8) is 0 Å². The van der Waals surface area contributed by atoms with E-state index in [0.29, 0.717) is 18.7 Å². The second-order valence-corrected chi connectivity index (χ2v) is 3.83. The summed E-state index contributed by atoms with van der Waals surface area (Å²) < 4.78 is 10.6. The van der Waals surface area contributed by atoms with Crippen LogP contribution in [0.1, 0.15) is 10.4 Å². The predicted octanol–water partition coefficient (Wildman–Crippen LogP) is 1.55. The van der Waals surface area contributed by atoms with E-state index in [-0.39, 0.29) is 18.4 Å². The molecular formula is C12H16ClNO3. The zero-order valence-electron chi connectivity index (χ0n) is 9.67. The highest BCUT2D eigenvalue weighted by Gasteiger charge is 2.21. The average molecular weight is 258 g/mol. The van der Waals surface area contributed by atoms with Crippen LogP contribution in [0.5, 0.6) is 0 Å². The lowest BCUT2D eigenvalue weighted by Gasteiger charge is -2.29. The molecule has 0 amide bonds. The zero-order valence-corrected chi connectivity index (χ0v) is 10.5. The number of halogens is 1. The molecule has 17 heavy (non-hydrogen) atoms. The fourth-order valence-corrected chi connectivity index (χ4v) is 1.57. The molecule has 0 N–H and O–H groups in total. The minimum absolute atomic E-state index is 0. The third-order valence-corrected chi connectivity index (χ3v) is 2.49. The maximum absolute atomic E-state index is 11.7. The number of hydrogen-bond acceptors (Lipinski definition) is 4. The smallest absolute Gasteiger partial charge is 0.340 e. The second-order valence-electron chi connectivity index (χ2n) is 3.83. The number of morpholine rings is 1. The molecule has 1 aromatic rings. The zero-order chi connectivity index (χ0) is 11.4. The molecule has 0 spiro atoms. The van der Waals surface area contributed by atoms with Gasteiger partial charge < -0.3 is 9.47 Å². The summed E-state index contributed by atoms with van der Waals surface area (Å²) >= 11 is 0. The predicted molar refractivity (Wildman–Crippen MR) is 66.3 cm³/mol. The topological polar surface area (TPSA) is 38.8 Å². The largest absolute Gasteiger partial charge is 0.431 e. The molecule has 0 aliphatic carbocycles. The van der Waals surface area contributed by atoms with E-state index in [0.717, 1.165) is 6.54 Å². The van der Waals surface area contributed by atoms with Crippen molar-refractivity contribution in [2.24, 2.45) is 0 Å². The summed E-state index contributed by atoms with van der Waals surface area (Å²) in [5, 5.41) is 0. The van der Waals surface area contributed by atoms with Crippen LogP contribution in [-0.2, 0) is 9.47 Å². The van der Waals surface area contributed by atoms with E-state index in [1.165, 1.54) is 0 Å². The Bertz CT molecular complexity index is 358. The lowest BCUT2D eigenvalue weighted by molar-refractivity contribution is -0.146. The van der Waals surface area contributed by atoms with Crippen molar-refractivity contribution in [3.05, 3.63) is 35.9 Å². The van der Waals surface area contributed by atoms with E-state index in [2.05, 4.69) is 4.90 Å². The van der Waals surface area contributed by atoms with Crippen LogP contribution >= 0.6 is 12.4 Å². The first-order valence-corrected chi connectivity index (χ1v) is 5.32. The van der Waals surface area contributed by atoms with Crippen LogP contribution in [0.2, 0.25) is 0 Å². The molecule has 1 heterocycles. The van der Waals surface area contributed by atoms with Gasteiger partial charge in [0.1, 0.15) is 0 Å². The van der Waals surface area contributed by atoms with Gasteiger partial charge in [0.2, 0.25) is 6.29 Å². The Kier molecular flexibility index (Phi) is 5.41. The number of likely N-dealkylation sites (N-methyl/N-ethyl adjacent to an activating group) is 1. The van der Waals surface area contributed by atoms with E-state index >= 15 is 0 Å². The van der Waals surface area contributed by atoms with Crippen LogP contribution in [-0.4, -0.2) is 43.9 Å². The quantitative estimate of drug-likeness (QED) is 0.754. The summed E-state index contributed by atoms with van der Waals surface area (Å²) in [5.41, 5.74) is 0.555. The van der Waals surface area contributed by atoms with Crippen molar-refractivity contribution in [1.29, 1.82) is 0 Å². The monoisotopic (exact) mass is 257 g/mol. The highest BCUT2D eigenvalue weighted by atomic mass is 35.5. The Labute approximate surface area is 107 Å². The summed E-state index contributed by atoms with van der Waals surface area (Å²) in [7, 11) is 1.98. The summed E-state index contributed by atoms with van der Waals surface area (Å²) in [4.78, 5) is 13.8. The SMILES string of the molecule is CN1CCO[C@H](OC(=O)c2ccccc2)C1.Cl. The number of benzene rings is 1. The van der Waals surface area contributed by atoms with Crippen molar-refractivity contribution in [3.8, 4) is 0 Å². The molecule has 0 bridgehead atoms. The minimum atomic E-state index is -0.452. The van der Waals surface area contributed by atoms with Crippen LogP contribution < -0.4 is 0 Å². The first kappa shape index (κ1) is 14.0. The Balaban J connectivity index is 0.00000144. The average Bonchev–Trinajstić information content (AvgIpc) is 2.30. The van der Waals surface area contributed by atoms with Crippen LogP contribution in [0, 0.1) is 0 Å². The molecule has 5 heteroatoms. The molecule has 0 radical (unpaired) electrons. The standard InChI is InChI=1S/C12H15NO3.ClH/c1-13-7-8-15-11(9-13)16-12(14)10-5-3-2-4-6-10;/h2-6,11H,7-9H2,1H3;1H/t11-;/m1./s1. The normalized spacial score (nSPS) is 20.4. The third-order valence-electron chi connectivity index (χ3n) is 2.49. The van der Waals surface area contributed by atoms with Crippen molar-refractivity contribution in [2.45, 2.75) is 6.29 Å². The van der Waals surface area contributed by atoms with E-state index < -0.39 is 6.29 Å². The molecule has 94 valence electrons. The second kappa shape index (κ2) is 6.59. The molecule has 1 aliphatic rings. The van der Waals surface area contributed by atoms with Gasteiger partial charge in [-0.05, 0) is 19.2 Å². The molecule has 1 fully saturated rings. The third kappa shape index (κ3) is 4.00. The minimum Gasteiger partial charge on any atom is -0.431 e. The van der Waals surface area contributed by atoms with Gasteiger partial charge in [-0.15, -0.1) is 12.4 Å². The molecule has 1 aliphatic heterocycles. The number of carbonyl (C=O) groups excluding carboxylic acids is 1. The summed E-state index contributed by atoms with van der Waals surface area (Å²) in [6, 6.07) is 8.94. The van der Waals surface area contributed by atoms with Crippen molar-refractivity contribution >= 4 is 18.4 Å². The summed E-state index contributed by atoms with van der Waals surface area (Å²) in [5.74, 6) is -0.332. The van der Waals surface area contributed by atoms with Gasteiger partial charge in [-0.3, -0.25) is 4.90 Å². The Morgan fingerprint density at radius 1 is 1.41 bits per heavy atom. The molecule has 2 rings (SSSR count). The number of carbonyl (C=O) groups is 1. The van der Waals surface area contributed by atoms with Gasteiger partial charge in [0.05, 0.1) is 18.7 Å². The van der Waals surface area contributed by atoms with Gasteiger partial charge in [0.15, 0.2) is 0 Å². The highest BCUT2D eigenvalue weighted by molar-refractivity contribution is 5.89. The lowest BCUT2D eigenvalue weighted by Crippen LogP contribution is -2.42. The first-order valence-electron chi connectivity index (χ1n) is 5.32. The maximum Gasteiger partial charge on any atom is 0.340 e. The van der Waals surface area contributed by atoms with Crippen molar-refractivity contribution in [1.82, 2.24) is 4.90 Å². The van der Waals surface area contributed by atoms with Crippen molar-refractivity contribution in [2.75, 3.05) is 26.7 Å². The molecule has 0 aromatic heterocycles. The van der Waals surface area contributed by atoms with E-state index in [1.807, 2.05) is 25.2 Å². The number of nitrogens with zero attached hydrogens (tertiary/aromatic N) is 1. The number of hydrogen-bond donors (Lipinski definition) is 0. The van der Waals surface area contributed by atoms with E-state index in [9.17, 15) is 4.79 Å². The fourth-order valence-electron chi connectivity index (χ4n) is 1.57. The molecule has 1 aromatic carbocycles. The first-order chi connectivity index (χ1) is 7.75. The Hall–Kier alpha value is -1.10. The fraction of sp³-hybridized carbons (Fsp3) is 0.417. The Morgan fingerprint density at radius 2 is 2.12 bits per heavy atom.